The number of allylic oxidation sites excluding steroid dienone is 2. The maximum atomic E-state index is 13.0. The highest BCUT2D eigenvalue weighted by atomic mass is 79.9. The summed E-state index contributed by atoms with van der Waals surface area (Å²) in [5.74, 6) is -0.0522. The van der Waals surface area contributed by atoms with E-state index in [0.717, 1.165) is 18.1 Å². The van der Waals surface area contributed by atoms with Gasteiger partial charge in [0.15, 0.2) is 0 Å². The van der Waals surface area contributed by atoms with Crippen LogP contribution in [-0.4, -0.2) is 39.9 Å². The van der Waals surface area contributed by atoms with Crippen LogP contribution in [0, 0.1) is 0 Å². The summed E-state index contributed by atoms with van der Waals surface area (Å²) in [7, 11) is 0. The molecular weight excluding hydrogens is 538 g/mol. The highest BCUT2D eigenvalue weighted by Gasteiger charge is 2.33. The zero-order valence-corrected chi connectivity index (χ0v) is 20.2. The van der Waals surface area contributed by atoms with Crippen LogP contribution >= 0.6 is 15.9 Å². The molecule has 1 aromatic carbocycles. The molecule has 1 fully saturated rings. The number of carbonyl (C=O) groups is 1. The lowest BCUT2D eigenvalue weighted by atomic mass is 9.89. The molecule has 2 aromatic rings. The number of benzene rings is 1. The second-order valence-electron chi connectivity index (χ2n) is 8.38. The molecule has 0 N–H and O–H groups in total. The summed E-state index contributed by atoms with van der Waals surface area (Å²) in [5.41, 5.74) is 1.58. The Morgan fingerprint density at radius 1 is 1.09 bits per heavy atom. The van der Waals surface area contributed by atoms with Crippen LogP contribution in [0.25, 0.3) is 0 Å². The molecule has 3 atom stereocenters. The fourth-order valence-electron chi connectivity index (χ4n) is 4.02. The standard InChI is InChI=1S/C23H20BrF3N2O.C2H3F3/c24-21-12-16(6-7-20(21)15-3-1-5-19(11-15)23(25,26)27)22(30)29-10-8-18(14-29)17-4-2-9-28-13-17;1-2(3,4)5/h1-7,9,11-13,18,20-21H,8,10,14H2;1H3. The van der Waals surface area contributed by atoms with Gasteiger partial charge >= 0.3 is 12.4 Å². The fourth-order valence-corrected chi connectivity index (χ4v) is 4.79. The van der Waals surface area contributed by atoms with Crippen LogP contribution in [0.3, 0.4) is 0 Å². The Kier molecular flexibility index (Phi) is 8.46. The van der Waals surface area contributed by atoms with Gasteiger partial charge in [0.05, 0.1) is 5.56 Å². The summed E-state index contributed by atoms with van der Waals surface area (Å²) in [6.45, 7) is 1.50. The Morgan fingerprint density at radius 3 is 2.37 bits per heavy atom. The van der Waals surface area contributed by atoms with Gasteiger partial charge in [-0.05, 0) is 29.7 Å². The van der Waals surface area contributed by atoms with Crippen molar-refractivity contribution in [2.45, 2.75) is 42.4 Å². The Morgan fingerprint density at radius 2 is 1.77 bits per heavy atom. The Hall–Kier alpha value is -2.62. The third kappa shape index (κ3) is 7.68. The van der Waals surface area contributed by atoms with Gasteiger partial charge in [0.25, 0.3) is 5.91 Å². The van der Waals surface area contributed by atoms with Crippen LogP contribution in [0.2, 0.25) is 0 Å². The number of nitrogens with zero attached hydrogens (tertiary/aromatic N) is 2. The van der Waals surface area contributed by atoms with E-state index in [4.69, 9.17) is 0 Å². The van der Waals surface area contributed by atoms with E-state index in [-0.39, 0.29) is 29.5 Å². The van der Waals surface area contributed by atoms with Crippen molar-refractivity contribution in [3.8, 4) is 0 Å². The van der Waals surface area contributed by atoms with Crippen LogP contribution in [0.1, 0.15) is 41.9 Å². The van der Waals surface area contributed by atoms with Gasteiger partial charge in [0.1, 0.15) is 0 Å². The topological polar surface area (TPSA) is 33.2 Å². The number of likely N-dealkylation sites (tertiary alicyclic amines) is 1. The maximum absolute atomic E-state index is 13.0. The molecule has 1 aliphatic heterocycles. The van der Waals surface area contributed by atoms with Gasteiger partial charge in [-0.3, -0.25) is 9.78 Å². The lowest BCUT2D eigenvalue weighted by molar-refractivity contribution is -0.137. The van der Waals surface area contributed by atoms with Crippen molar-refractivity contribution in [2.75, 3.05) is 13.1 Å². The largest absolute Gasteiger partial charge is 0.416 e. The van der Waals surface area contributed by atoms with Crippen molar-refractivity contribution in [2.24, 2.45) is 0 Å². The molecule has 4 rings (SSSR count). The number of aromatic nitrogens is 1. The average molecular weight is 561 g/mol. The molecule has 2 heterocycles. The highest BCUT2D eigenvalue weighted by molar-refractivity contribution is 9.09. The summed E-state index contributed by atoms with van der Waals surface area (Å²) < 4.78 is 70.2. The van der Waals surface area contributed by atoms with Gasteiger partial charge < -0.3 is 4.90 Å². The van der Waals surface area contributed by atoms with Gasteiger partial charge in [-0.1, -0.05) is 58.4 Å². The first kappa shape index (κ1) is 27.0. The van der Waals surface area contributed by atoms with Gasteiger partial charge in [0, 0.05) is 54.6 Å². The van der Waals surface area contributed by atoms with E-state index in [9.17, 15) is 31.1 Å². The molecule has 0 radical (unpaired) electrons. The number of pyridine rings is 1. The van der Waals surface area contributed by atoms with E-state index >= 15 is 0 Å². The lowest BCUT2D eigenvalue weighted by Crippen LogP contribution is -2.30. The lowest BCUT2D eigenvalue weighted by Gasteiger charge is -2.25. The van der Waals surface area contributed by atoms with Crippen molar-refractivity contribution in [1.82, 2.24) is 9.88 Å². The van der Waals surface area contributed by atoms with Crippen molar-refractivity contribution < 1.29 is 31.1 Å². The minimum Gasteiger partial charge on any atom is -0.338 e. The Bertz CT molecular complexity index is 1080. The minimum atomic E-state index is -4.38. The summed E-state index contributed by atoms with van der Waals surface area (Å²) in [6.07, 6.45) is 1.40. The summed E-state index contributed by atoms with van der Waals surface area (Å²) in [4.78, 5) is 18.7. The predicted octanol–water partition coefficient (Wildman–Crippen LogP) is 7.03. The van der Waals surface area contributed by atoms with Gasteiger partial charge in [-0.25, -0.2) is 0 Å². The second kappa shape index (κ2) is 11.0. The van der Waals surface area contributed by atoms with Crippen LogP contribution in [-0.2, 0) is 11.0 Å². The number of hydrogen-bond donors (Lipinski definition) is 0. The molecule has 0 saturated carbocycles. The van der Waals surface area contributed by atoms with E-state index < -0.39 is 17.9 Å². The minimum absolute atomic E-state index is 0.0513. The third-order valence-corrected chi connectivity index (χ3v) is 6.48. The first-order valence-electron chi connectivity index (χ1n) is 10.8. The number of amides is 1. The normalized spacial score (nSPS) is 22.3. The van der Waals surface area contributed by atoms with Crippen LogP contribution in [0.5, 0.6) is 0 Å². The van der Waals surface area contributed by atoms with Crippen molar-refractivity contribution >= 4 is 21.8 Å². The quantitative estimate of drug-likeness (QED) is 0.298. The summed E-state index contributed by atoms with van der Waals surface area (Å²) in [6, 6.07) is 9.26. The number of halogens is 7. The zero-order valence-electron chi connectivity index (χ0n) is 18.7. The van der Waals surface area contributed by atoms with E-state index in [1.807, 2.05) is 23.2 Å². The third-order valence-electron chi connectivity index (χ3n) is 5.64. The molecule has 1 amide bonds. The average Bonchev–Trinajstić information content (AvgIpc) is 3.28. The fraction of sp³-hybridized carbons (Fsp3) is 0.360. The molecule has 1 aromatic heterocycles. The molecule has 188 valence electrons. The number of hydrogen-bond acceptors (Lipinski definition) is 2. The maximum Gasteiger partial charge on any atom is 0.416 e. The number of rotatable bonds is 3. The summed E-state index contributed by atoms with van der Waals surface area (Å²) in [5, 5.41) is 0. The molecule has 0 bridgehead atoms. The molecule has 1 saturated heterocycles. The van der Waals surface area contributed by atoms with E-state index in [2.05, 4.69) is 20.9 Å². The van der Waals surface area contributed by atoms with E-state index in [1.165, 1.54) is 12.1 Å². The van der Waals surface area contributed by atoms with Crippen LogP contribution in [0.4, 0.5) is 26.3 Å². The Labute approximate surface area is 207 Å². The molecule has 10 heteroatoms. The second-order valence-corrected chi connectivity index (χ2v) is 9.44. The monoisotopic (exact) mass is 560 g/mol. The van der Waals surface area contributed by atoms with Gasteiger partial charge in [0.2, 0.25) is 0 Å². The predicted molar refractivity (Wildman–Crippen MR) is 124 cm³/mol. The van der Waals surface area contributed by atoms with Crippen LogP contribution < -0.4 is 0 Å². The van der Waals surface area contributed by atoms with Crippen molar-refractivity contribution in [3.05, 3.63) is 89.3 Å². The zero-order chi connectivity index (χ0) is 25.8. The smallest absolute Gasteiger partial charge is 0.338 e. The van der Waals surface area contributed by atoms with E-state index in [0.29, 0.717) is 24.2 Å². The van der Waals surface area contributed by atoms with E-state index in [1.54, 1.807) is 30.5 Å². The van der Waals surface area contributed by atoms with Gasteiger partial charge in [-0.2, -0.15) is 26.3 Å². The number of carbonyl (C=O) groups excluding carboxylic acids is 1. The highest BCUT2D eigenvalue weighted by Crippen LogP contribution is 2.37. The number of alkyl halides is 7. The first-order valence-corrected chi connectivity index (χ1v) is 11.7. The molecule has 3 nitrogen and oxygen atoms in total. The molecule has 1 aliphatic carbocycles. The molecule has 2 aliphatic rings. The van der Waals surface area contributed by atoms with Gasteiger partial charge in [-0.15, -0.1) is 0 Å². The van der Waals surface area contributed by atoms with Crippen molar-refractivity contribution in [1.29, 1.82) is 0 Å². The molecule has 35 heavy (non-hydrogen) atoms. The Balaban J connectivity index is 0.000000623. The van der Waals surface area contributed by atoms with Crippen LogP contribution in [0.15, 0.2) is 72.6 Å². The van der Waals surface area contributed by atoms with Crippen molar-refractivity contribution in [3.63, 3.8) is 0 Å². The molecular formula is C25H23BrF6N2O. The molecule has 0 spiro atoms. The summed E-state index contributed by atoms with van der Waals surface area (Å²) >= 11 is 3.54. The SMILES string of the molecule is CC(F)(F)F.O=C(C1=CC(Br)C(c2cccc(C(F)(F)F)c2)C=C1)N1CCC(c2cccnc2)C1. The molecule has 3 unspecified atom stereocenters. The first-order chi connectivity index (χ1) is 16.3.